The number of carbonyl (C=O) groups excluding carboxylic acids is 2. The van der Waals surface area contributed by atoms with Crippen LogP contribution in [-0.4, -0.2) is 25.6 Å². The van der Waals surface area contributed by atoms with Crippen LogP contribution in [-0.2, 0) is 9.53 Å². The molecule has 0 aliphatic carbocycles. The molecule has 24 heavy (non-hydrogen) atoms. The minimum atomic E-state index is -0.750. The van der Waals surface area contributed by atoms with Crippen molar-refractivity contribution in [3.63, 3.8) is 0 Å². The molecule has 1 amide bonds. The van der Waals surface area contributed by atoms with Gasteiger partial charge >= 0.3 is 5.97 Å². The summed E-state index contributed by atoms with van der Waals surface area (Å²) in [4.78, 5) is 23.9. The van der Waals surface area contributed by atoms with Gasteiger partial charge in [0.25, 0.3) is 5.91 Å². The smallest absolute Gasteiger partial charge is 0.342 e. The summed E-state index contributed by atoms with van der Waals surface area (Å²) in [6.45, 7) is -0.466. The minimum Gasteiger partial charge on any atom is -0.496 e. The summed E-state index contributed by atoms with van der Waals surface area (Å²) in [5.74, 6) is -1.04. The predicted molar refractivity (Wildman–Crippen MR) is 92.8 cm³/mol. The molecule has 0 aliphatic rings. The van der Waals surface area contributed by atoms with Crippen LogP contribution in [0.5, 0.6) is 5.75 Å². The van der Waals surface area contributed by atoms with E-state index in [1.54, 1.807) is 24.3 Å². The van der Waals surface area contributed by atoms with E-state index in [-0.39, 0.29) is 22.0 Å². The summed E-state index contributed by atoms with van der Waals surface area (Å²) in [7, 11) is 1.38. The first-order chi connectivity index (χ1) is 11.4. The molecular formula is C16H14Cl2N2O4. The Morgan fingerprint density at radius 3 is 2.46 bits per heavy atom. The predicted octanol–water partition coefficient (Wildman–Crippen LogP) is 3.38. The van der Waals surface area contributed by atoms with E-state index in [1.807, 2.05) is 0 Å². The highest BCUT2D eigenvalue weighted by atomic mass is 35.5. The van der Waals surface area contributed by atoms with Crippen LogP contribution in [0.15, 0.2) is 36.4 Å². The zero-order chi connectivity index (χ0) is 17.7. The van der Waals surface area contributed by atoms with Gasteiger partial charge in [-0.15, -0.1) is 0 Å². The van der Waals surface area contributed by atoms with Gasteiger partial charge in [-0.05, 0) is 30.3 Å². The second-order valence-electron chi connectivity index (χ2n) is 4.71. The van der Waals surface area contributed by atoms with Crippen molar-refractivity contribution < 1.29 is 19.1 Å². The molecule has 2 aromatic carbocycles. The van der Waals surface area contributed by atoms with E-state index in [0.29, 0.717) is 10.7 Å². The van der Waals surface area contributed by atoms with Gasteiger partial charge in [0.05, 0.1) is 17.8 Å². The van der Waals surface area contributed by atoms with Crippen molar-refractivity contribution in [3.05, 3.63) is 52.0 Å². The van der Waals surface area contributed by atoms with Crippen LogP contribution in [0.2, 0.25) is 10.0 Å². The topological polar surface area (TPSA) is 90.7 Å². The molecule has 2 rings (SSSR count). The maximum absolute atomic E-state index is 12.1. The highest BCUT2D eigenvalue weighted by Crippen LogP contribution is 2.29. The Morgan fingerprint density at radius 2 is 1.83 bits per heavy atom. The van der Waals surface area contributed by atoms with Crippen molar-refractivity contribution in [2.75, 3.05) is 24.8 Å². The van der Waals surface area contributed by atoms with Gasteiger partial charge in [-0.1, -0.05) is 23.2 Å². The second-order valence-corrected chi connectivity index (χ2v) is 5.55. The van der Waals surface area contributed by atoms with E-state index in [2.05, 4.69) is 5.32 Å². The summed E-state index contributed by atoms with van der Waals surface area (Å²) in [6.07, 6.45) is 0. The Kier molecular flexibility index (Phi) is 5.89. The Balaban J connectivity index is 1.99. The Bertz CT molecular complexity index is 763. The molecule has 0 saturated heterocycles. The number of benzene rings is 2. The average Bonchev–Trinajstić information content (AvgIpc) is 2.56. The van der Waals surface area contributed by atoms with Gasteiger partial charge in [0.1, 0.15) is 11.3 Å². The molecular weight excluding hydrogens is 355 g/mol. The fraction of sp³-hybridized carbons (Fsp3) is 0.125. The van der Waals surface area contributed by atoms with Crippen LogP contribution in [0.3, 0.4) is 0 Å². The third-order valence-corrected chi connectivity index (χ3v) is 3.58. The summed E-state index contributed by atoms with van der Waals surface area (Å²) in [5.41, 5.74) is 6.53. The maximum Gasteiger partial charge on any atom is 0.342 e. The van der Waals surface area contributed by atoms with E-state index in [1.165, 1.54) is 19.2 Å². The van der Waals surface area contributed by atoms with Crippen LogP contribution in [0, 0.1) is 0 Å². The standard InChI is InChI=1S/C16H14Cl2N2O4/c1-23-14-7-13(19)12(18)6-11(14)16(22)24-8-15(21)20-10-4-2-9(17)3-5-10/h2-7H,8,19H2,1H3,(H,20,21). The lowest BCUT2D eigenvalue weighted by atomic mass is 10.2. The number of rotatable bonds is 5. The molecule has 0 heterocycles. The summed E-state index contributed by atoms with van der Waals surface area (Å²) in [5, 5.41) is 3.31. The Morgan fingerprint density at radius 1 is 1.17 bits per heavy atom. The van der Waals surface area contributed by atoms with Gasteiger partial charge in [0.15, 0.2) is 6.61 Å². The molecule has 0 atom stereocenters. The first-order valence-electron chi connectivity index (χ1n) is 6.76. The van der Waals surface area contributed by atoms with Gasteiger partial charge < -0.3 is 20.5 Å². The van der Waals surface area contributed by atoms with Gasteiger partial charge in [-0.25, -0.2) is 4.79 Å². The number of methoxy groups -OCH3 is 1. The van der Waals surface area contributed by atoms with Crippen molar-refractivity contribution in [2.24, 2.45) is 0 Å². The molecule has 6 nitrogen and oxygen atoms in total. The summed E-state index contributed by atoms with van der Waals surface area (Å²) in [6, 6.07) is 9.26. The lowest BCUT2D eigenvalue weighted by Gasteiger charge is -2.11. The van der Waals surface area contributed by atoms with E-state index in [0.717, 1.165) is 0 Å². The van der Waals surface area contributed by atoms with Crippen LogP contribution in [0.4, 0.5) is 11.4 Å². The lowest BCUT2D eigenvalue weighted by molar-refractivity contribution is -0.119. The number of hydrogen-bond acceptors (Lipinski definition) is 5. The number of carbonyl (C=O) groups is 2. The number of ether oxygens (including phenoxy) is 2. The van der Waals surface area contributed by atoms with Gasteiger partial charge in [-0.2, -0.15) is 0 Å². The number of hydrogen-bond donors (Lipinski definition) is 2. The third kappa shape index (κ3) is 4.53. The first-order valence-corrected chi connectivity index (χ1v) is 7.52. The zero-order valence-corrected chi connectivity index (χ0v) is 14.1. The quantitative estimate of drug-likeness (QED) is 0.623. The minimum absolute atomic E-state index is 0.0796. The van der Waals surface area contributed by atoms with E-state index >= 15 is 0 Å². The Hall–Kier alpha value is -2.44. The van der Waals surface area contributed by atoms with Crippen LogP contribution in [0.1, 0.15) is 10.4 Å². The number of nitrogen functional groups attached to an aromatic ring is 1. The molecule has 0 bridgehead atoms. The van der Waals surface area contributed by atoms with Crippen molar-refractivity contribution in [1.82, 2.24) is 0 Å². The maximum atomic E-state index is 12.1. The number of halogens is 2. The number of nitrogens with two attached hydrogens (primary N) is 1. The second kappa shape index (κ2) is 7.90. The number of esters is 1. The molecule has 0 fully saturated rings. The SMILES string of the molecule is COc1cc(N)c(Cl)cc1C(=O)OCC(=O)Nc1ccc(Cl)cc1. The average molecular weight is 369 g/mol. The molecule has 8 heteroatoms. The lowest BCUT2D eigenvalue weighted by Crippen LogP contribution is -2.21. The van der Waals surface area contributed by atoms with Crippen LogP contribution >= 0.6 is 23.2 Å². The fourth-order valence-corrected chi connectivity index (χ4v) is 2.13. The van der Waals surface area contributed by atoms with Crippen molar-refractivity contribution in [1.29, 1.82) is 0 Å². The zero-order valence-electron chi connectivity index (χ0n) is 12.6. The highest BCUT2D eigenvalue weighted by Gasteiger charge is 2.17. The largest absolute Gasteiger partial charge is 0.496 e. The normalized spacial score (nSPS) is 10.1. The van der Waals surface area contributed by atoms with E-state index in [9.17, 15) is 9.59 Å². The van der Waals surface area contributed by atoms with E-state index in [4.69, 9.17) is 38.4 Å². The van der Waals surface area contributed by atoms with Gasteiger partial charge in [-0.3, -0.25) is 4.79 Å². The Labute approximate surface area is 148 Å². The van der Waals surface area contributed by atoms with Crippen LogP contribution in [0.25, 0.3) is 0 Å². The van der Waals surface area contributed by atoms with Crippen molar-refractivity contribution in [2.45, 2.75) is 0 Å². The monoisotopic (exact) mass is 368 g/mol. The summed E-state index contributed by atoms with van der Waals surface area (Å²) < 4.78 is 10.0. The van der Waals surface area contributed by atoms with Crippen molar-refractivity contribution >= 4 is 46.5 Å². The highest BCUT2D eigenvalue weighted by molar-refractivity contribution is 6.33. The molecule has 0 aromatic heterocycles. The first kappa shape index (κ1) is 17.9. The molecule has 0 aliphatic heterocycles. The van der Waals surface area contributed by atoms with Crippen molar-refractivity contribution in [3.8, 4) is 5.75 Å². The van der Waals surface area contributed by atoms with Gasteiger partial charge in [0.2, 0.25) is 0 Å². The third-order valence-electron chi connectivity index (χ3n) is 3.00. The van der Waals surface area contributed by atoms with Gasteiger partial charge in [0, 0.05) is 16.8 Å². The molecule has 0 unspecified atom stereocenters. The number of amides is 1. The molecule has 126 valence electrons. The van der Waals surface area contributed by atoms with E-state index < -0.39 is 18.5 Å². The van der Waals surface area contributed by atoms with Crippen LogP contribution < -0.4 is 15.8 Å². The molecule has 0 spiro atoms. The summed E-state index contributed by atoms with van der Waals surface area (Å²) >= 11 is 11.6. The molecule has 0 radical (unpaired) electrons. The molecule has 3 N–H and O–H groups in total. The molecule has 0 saturated carbocycles. The number of nitrogens with one attached hydrogen (secondary N) is 1. The molecule has 2 aromatic rings. The number of anilines is 2. The fourth-order valence-electron chi connectivity index (χ4n) is 1.84.